The topological polar surface area (TPSA) is 75.6 Å². The molecule has 1 aliphatic heterocycles. The minimum Gasteiger partial charge on any atom is -0.481 e. The number of hydrogen-bond acceptors (Lipinski definition) is 3. The van der Waals surface area contributed by atoms with Crippen LogP contribution in [0.5, 0.6) is 0 Å². The molecule has 0 aromatic carbocycles. The number of aliphatic carboxylic acids is 1. The second-order valence-corrected chi connectivity index (χ2v) is 11.6. The Balaban J connectivity index is 2.69. The molecule has 1 fully saturated rings. The summed E-state index contributed by atoms with van der Waals surface area (Å²) in [5, 5.41) is 11.5. The van der Waals surface area contributed by atoms with E-state index in [0.29, 0.717) is 0 Å². The van der Waals surface area contributed by atoms with Gasteiger partial charge in [0.05, 0.1) is 24.5 Å². The third kappa shape index (κ3) is 3.57. The molecule has 19 heavy (non-hydrogen) atoms. The standard InChI is InChI=1S/C13H25NO4Si/c1-8(18-19(5,6)13(2,3)4)11-9(7-10(15)16)14-12(11)17/h8-9,11H,7H2,1-6H3,(H,14,17)(H,15,16)/t8?,9-,11?/m1/s1. The highest BCUT2D eigenvalue weighted by Gasteiger charge is 2.47. The molecule has 0 radical (unpaired) electrons. The van der Waals surface area contributed by atoms with Gasteiger partial charge in [0.25, 0.3) is 0 Å². The van der Waals surface area contributed by atoms with Crippen LogP contribution in [-0.4, -0.2) is 37.4 Å². The summed E-state index contributed by atoms with van der Waals surface area (Å²) in [6, 6.07) is -0.301. The predicted octanol–water partition coefficient (Wildman–Crippen LogP) is 1.99. The average molecular weight is 287 g/mol. The molecule has 1 rings (SSSR count). The Morgan fingerprint density at radius 3 is 2.37 bits per heavy atom. The highest BCUT2D eigenvalue weighted by atomic mass is 28.4. The van der Waals surface area contributed by atoms with Gasteiger partial charge in [-0.25, -0.2) is 0 Å². The largest absolute Gasteiger partial charge is 0.481 e. The van der Waals surface area contributed by atoms with Crippen molar-refractivity contribution in [3.8, 4) is 0 Å². The molecule has 0 spiro atoms. The Bertz CT molecular complexity index is 375. The second kappa shape index (κ2) is 5.24. The van der Waals surface area contributed by atoms with E-state index in [2.05, 4.69) is 39.2 Å². The molecule has 110 valence electrons. The fourth-order valence-corrected chi connectivity index (χ4v) is 3.51. The molecule has 1 saturated heterocycles. The maximum absolute atomic E-state index is 11.6. The summed E-state index contributed by atoms with van der Waals surface area (Å²) in [7, 11) is -1.94. The summed E-state index contributed by atoms with van der Waals surface area (Å²) in [4.78, 5) is 22.4. The second-order valence-electron chi connectivity index (χ2n) is 6.82. The monoisotopic (exact) mass is 287 g/mol. The van der Waals surface area contributed by atoms with Crippen molar-refractivity contribution in [3.05, 3.63) is 0 Å². The fraction of sp³-hybridized carbons (Fsp3) is 0.846. The fourth-order valence-electron chi connectivity index (χ4n) is 2.08. The van der Waals surface area contributed by atoms with Crippen molar-refractivity contribution in [1.82, 2.24) is 5.32 Å². The first kappa shape index (κ1) is 16.2. The number of carbonyl (C=O) groups excluding carboxylic acids is 1. The zero-order valence-electron chi connectivity index (χ0n) is 12.6. The van der Waals surface area contributed by atoms with Gasteiger partial charge in [0, 0.05) is 0 Å². The minimum absolute atomic E-state index is 0.0401. The van der Waals surface area contributed by atoms with Crippen LogP contribution in [0, 0.1) is 5.92 Å². The Hall–Kier alpha value is -0.883. The molecule has 1 amide bonds. The first-order valence-electron chi connectivity index (χ1n) is 6.65. The summed E-state index contributed by atoms with van der Waals surface area (Å²) in [6.45, 7) is 12.6. The first-order chi connectivity index (χ1) is 8.45. The smallest absolute Gasteiger partial charge is 0.305 e. The van der Waals surface area contributed by atoms with Crippen molar-refractivity contribution in [2.75, 3.05) is 0 Å². The lowest BCUT2D eigenvalue weighted by atomic mass is 9.84. The van der Waals surface area contributed by atoms with E-state index in [4.69, 9.17) is 9.53 Å². The van der Waals surface area contributed by atoms with Crippen LogP contribution in [0.2, 0.25) is 18.1 Å². The van der Waals surface area contributed by atoms with E-state index in [0.717, 1.165) is 0 Å². The van der Waals surface area contributed by atoms with Crippen molar-refractivity contribution in [2.24, 2.45) is 5.92 Å². The van der Waals surface area contributed by atoms with E-state index in [1.165, 1.54) is 0 Å². The molecule has 1 heterocycles. The van der Waals surface area contributed by atoms with E-state index in [1.807, 2.05) is 6.92 Å². The van der Waals surface area contributed by atoms with Crippen LogP contribution < -0.4 is 5.32 Å². The minimum atomic E-state index is -1.94. The number of β-lactam (4-membered cyclic amide) rings is 1. The summed E-state index contributed by atoms with van der Waals surface area (Å²) in [5.74, 6) is -1.34. The zero-order chi connectivity index (χ0) is 15.0. The molecule has 1 aliphatic rings. The van der Waals surface area contributed by atoms with E-state index in [9.17, 15) is 9.59 Å². The molecule has 0 aromatic rings. The van der Waals surface area contributed by atoms with Crippen LogP contribution in [0.4, 0.5) is 0 Å². The van der Waals surface area contributed by atoms with Crippen molar-refractivity contribution < 1.29 is 19.1 Å². The van der Waals surface area contributed by atoms with Gasteiger partial charge >= 0.3 is 5.97 Å². The van der Waals surface area contributed by atoms with E-state index in [-0.39, 0.29) is 35.4 Å². The van der Waals surface area contributed by atoms with Crippen molar-refractivity contribution >= 4 is 20.2 Å². The maximum Gasteiger partial charge on any atom is 0.305 e. The highest BCUT2D eigenvalue weighted by molar-refractivity contribution is 6.74. The molecule has 0 aliphatic carbocycles. The Labute approximate surface area is 115 Å². The van der Waals surface area contributed by atoms with Crippen LogP contribution in [0.25, 0.3) is 0 Å². The van der Waals surface area contributed by atoms with E-state index >= 15 is 0 Å². The quantitative estimate of drug-likeness (QED) is 0.599. The van der Waals surface area contributed by atoms with Gasteiger partial charge in [0.1, 0.15) is 0 Å². The molecular weight excluding hydrogens is 262 g/mol. The lowest BCUT2D eigenvalue weighted by molar-refractivity contribution is -0.145. The third-order valence-corrected chi connectivity index (χ3v) is 8.82. The Morgan fingerprint density at radius 1 is 1.47 bits per heavy atom. The van der Waals surface area contributed by atoms with Gasteiger partial charge in [0.15, 0.2) is 8.32 Å². The van der Waals surface area contributed by atoms with Crippen LogP contribution in [0.3, 0.4) is 0 Å². The van der Waals surface area contributed by atoms with Gasteiger partial charge in [0.2, 0.25) is 5.91 Å². The van der Waals surface area contributed by atoms with Gasteiger partial charge in [-0.2, -0.15) is 0 Å². The first-order valence-corrected chi connectivity index (χ1v) is 9.56. The highest BCUT2D eigenvalue weighted by Crippen LogP contribution is 2.39. The number of carboxylic acids is 1. The van der Waals surface area contributed by atoms with Crippen LogP contribution in [0.1, 0.15) is 34.1 Å². The van der Waals surface area contributed by atoms with Crippen molar-refractivity contribution in [1.29, 1.82) is 0 Å². The Morgan fingerprint density at radius 2 is 2.00 bits per heavy atom. The van der Waals surface area contributed by atoms with Crippen molar-refractivity contribution in [2.45, 2.75) is 64.4 Å². The molecule has 2 N–H and O–H groups in total. The number of hydrogen-bond donors (Lipinski definition) is 2. The van der Waals surface area contributed by atoms with Crippen molar-refractivity contribution in [3.63, 3.8) is 0 Å². The van der Waals surface area contributed by atoms with Gasteiger partial charge in [-0.15, -0.1) is 0 Å². The molecule has 6 heteroatoms. The van der Waals surface area contributed by atoms with Crippen LogP contribution >= 0.6 is 0 Å². The number of carboxylic acid groups (broad SMARTS) is 1. The lowest BCUT2D eigenvalue weighted by Crippen LogP contribution is -2.64. The lowest BCUT2D eigenvalue weighted by Gasteiger charge is -2.45. The van der Waals surface area contributed by atoms with Gasteiger partial charge < -0.3 is 14.8 Å². The number of nitrogens with one attached hydrogen (secondary N) is 1. The molecule has 2 unspecified atom stereocenters. The predicted molar refractivity (Wildman–Crippen MR) is 75.4 cm³/mol. The zero-order valence-corrected chi connectivity index (χ0v) is 13.6. The molecular formula is C13H25NO4Si. The number of carbonyl (C=O) groups is 2. The number of rotatable bonds is 5. The average Bonchev–Trinajstić information content (AvgIpc) is 2.12. The number of amides is 1. The normalized spacial score (nSPS) is 25.5. The maximum atomic E-state index is 11.6. The molecule has 3 atom stereocenters. The summed E-state index contributed by atoms with van der Waals surface area (Å²) < 4.78 is 6.17. The molecule has 0 aromatic heterocycles. The Kier molecular flexibility index (Phi) is 4.46. The summed E-state index contributed by atoms with van der Waals surface area (Å²) >= 11 is 0. The van der Waals surface area contributed by atoms with E-state index < -0.39 is 14.3 Å². The summed E-state index contributed by atoms with van der Waals surface area (Å²) in [6.07, 6.45) is -0.277. The molecule has 5 nitrogen and oxygen atoms in total. The summed E-state index contributed by atoms with van der Waals surface area (Å²) in [5.41, 5.74) is 0. The SMILES string of the molecule is CC(O[Si](C)(C)C(C)(C)C)C1C(=O)N[C@@H]1CC(=O)O. The van der Waals surface area contributed by atoms with Crippen LogP contribution in [0.15, 0.2) is 0 Å². The molecule has 0 bridgehead atoms. The van der Waals surface area contributed by atoms with Gasteiger partial charge in [-0.05, 0) is 25.1 Å². The third-order valence-electron chi connectivity index (χ3n) is 4.25. The molecule has 0 saturated carbocycles. The van der Waals surface area contributed by atoms with E-state index in [1.54, 1.807) is 0 Å². The van der Waals surface area contributed by atoms with Crippen LogP contribution in [-0.2, 0) is 14.0 Å². The van der Waals surface area contributed by atoms with Gasteiger partial charge in [-0.1, -0.05) is 20.8 Å². The van der Waals surface area contributed by atoms with Gasteiger partial charge in [-0.3, -0.25) is 9.59 Å².